The maximum Gasteiger partial charge on any atom is 0.143 e. The molecule has 39 heavy (non-hydrogen) atoms. The summed E-state index contributed by atoms with van der Waals surface area (Å²) >= 11 is 0. The van der Waals surface area contributed by atoms with Crippen LogP contribution in [0.25, 0.3) is 76.1 Å². The first-order chi connectivity index (χ1) is 19.3. The Balaban J connectivity index is 1.41. The molecular formula is C38H22O. The van der Waals surface area contributed by atoms with Gasteiger partial charge in [0.15, 0.2) is 0 Å². The van der Waals surface area contributed by atoms with Crippen LogP contribution >= 0.6 is 0 Å². The van der Waals surface area contributed by atoms with E-state index in [1.54, 1.807) is 0 Å². The zero-order chi connectivity index (χ0) is 25.5. The van der Waals surface area contributed by atoms with Crippen LogP contribution in [0.3, 0.4) is 0 Å². The average Bonchev–Trinajstić information content (AvgIpc) is 3.00. The molecule has 9 rings (SSSR count). The summed E-state index contributed by atoms with van der Waals surface area (Å²) in [5.74, 6) is 1.87. The largest absolute Gasteiger partial charge is 0.455 e. The molecule has 0 amide bonds. The lowest BCUT2D eigenvalue weighted by Crippen LogP contribution is -1.99. The summed E-state index contributed by atoms with van der Waals surface area (Å²) in [6.07, 6.45) is 0. The van der Waals surface area contributed by atoms with E-state index >= 15 is 0 Å². The SMILES string of the molecule is c1ccc2c3c(ccc2c1)-c1cccc2c(-c4c5ccccc5cc5c4ccc4ccccc45)ccc(c12)O3. The summed E-state index contributed by atoms with van der Waals surface area (Å²) in [6, 6.07) is 48.3. The highest BCUT2D eigenvalue weighted by Crippen LogP contribution is 2.52. The van der Waals surface area contributed by atoms with Crippen LogP contribution < -0.4 is 4.74 Å². The Morgan fingerprint density at radius 3 is 1.90 bits per heavy atom. The molecule has 8 aromatic carbocycles. The normalized spacial score (nSPS) is 12.3. The Bertz CT molecular complexity index is 2310. The fraction of sp³-hybridized carbons (Fsp3) is 0. The lowest BCUT2D eigenvalue weighted by Gasteiger charge is -2.24. The molecule has 1 aliphatic heterocycles. The summed E-state index contributed by atoms with van der Waals surface area (Å²) in [5, 5.41) is 12.4. The smallest absolute Gasteiger partial charge is 0.143 e. The Kier molecular flexibility index (Phi) is 4.11. The lowest BCUT2D eigenvalue weighted by molar-refractivity contribution is 0.493. The number of fused-ring (bicyclic) bond motifs is 8. The summed E-state index contributed by atoms with van der Waals surface area (Å²) in [7, 11) is 0. The van der Waals surface area contributed by atoms with Gasteiger partial charge in [0, 0.05) is 16.3 Å². The van der Waals surface area contributed by atoms with E-state index < -0.39 is 0 Å². The summed E-state index contributed by atoms with van der Waals surface area (Å²) in [5.41, 5.74) is 4.89. The second-order valence-electron chi connectivity index (χ2n) is 10.5. The van der Waals surface area contributed by atoms with Gasteiger partial charge in [-0.05, 0) is 84.0 Å². The predicted molar refractivity (Wildman–Crippen MR) is 165 cm³/mol. The molecular weight excluding hydrogens is 472 g/mol. The van der Waals surface area contributed by atoms with Gasteiger partial charge in [0.05, 0.1) is 0 Å². The molecule has 0 saturated carbocycles. The fourth-order valence-electron chi connectivity index (χ4n) is 6.69. The van der Waals surface area contributed by atoms with Gasteiger partial charge in [-0.2, -0.15) is 0 Å². The Labute approximate surface area is 225 Å². The topological polar surface area (TPSA) is 9.23 Å². The van der Waals surface area contributed by atoms with Crippen LogP contribution in [0.5, 0.6) is 11.5 Å². The van der Waals surface area contributed by atoms with Crippen molar-refractivity contribution in [1.82, 2.24) is 0 Å². The summed E-state index contributed by atoms with van der Waals surface area (Å²) in [4.78, 5) is 0. The van der Waals surface area contributed by atoms with E-state index in [9.17, 15) is 0 Å². The Hall–Kier alpha value is -5.14. The van der Waals surface area contributed by atoms with Crippen LogP contribution in [0, 0.1) is 0 Å². The number of benzene rings is 8. The van der Waals surface area contributed by atoms with E-state index in [0.717, 1.165) is 22.4 Å². The quantitative estimate of drug-likeness (QED) is 0.163. The molecule has 1 aliphatic rings. The van der Waals surface area contributed by atoms with Crippen molar-refractivity contribution in [3.8, 4) is 33.8 Å². The molecule has 180 valence electrons. The molecule has 0 saturated heterocycles. The number of rotatable bonds is 1. The molecule has 1 heteroatoms. The second kappa shape index (κ2) is 7.69. The first-order valence-electron chi connectivity index (χ1n) is 13.4. The minimum Gasteiger partial charge on any atom is -0.455 e. The Morgan fingerprint density at radius 2 is 1.03 bits per heavy atom. The minimum atomic E-state index is 0.920. The standard InChI is InChI=1S/C38H22O/c1-4-11-26-23(8-1)16-18-32-34(26)22-25-10-3-5-12-27(25)36(32)31-20-21-35-37-29(31)14-7-15-30(37)33-19-17-24-9-2-6-13-28(24)38(33)39-35/h1-22H. The maximum absolute atomic E-state index is 6.69. The number of hydrogen-bond acceptors (Lipinski definition) is 1. The van der Waals surface area contributed by atoms with Gasteiger partial charge < -0.3 is 4.74 Å². The van der Waals surface area contributed by atoms with Gasteiger partial charge in [0.25, 0.3) is 0 Å². The lowest BCUT2D eigenvalue weighted by atomic mass is 9.85. The van der Waals surface area contributed by atoms with Crippen molar-refractivity contribution in [2.24, 2.45) is 0 Å². The van der Waals surface area contributed by atoms with Crippen LogP contribution in [0.2, 0.25) is 0 Å². The molecule has 0 unspecified atom stereocenters. The summed E-state index contributed by atoms with van der Waals surface area (Å²) < 4.78 is 6.69. The van der Waals surface area contributed by atoms with Crippen molar-refractivity contribution in [2.75, 3.05) is 0 Å². The first-order valence-corrected chi connectivity index (χ1v) is 13.4. The highest BCUT2D eigenvalue weighted by molar-refractivity contribution is 6.23. The number of ether oxygens (including phenoxy) is 1. The van der Waals surface area contributed by atoms with Crippen molar-refractivity contribution >= 4 is 53.9 Å². The van der Waals surface area contributed by atoms with Gasteiger partial charge in [-0.25, -0.2) is 0 Å². The highest BCUT2D eigenvalue weighted by Gasteiger charge is 2.24. The van der Waals surface area contributed by atoms with Crippen molar-refractivity contribution in [2.45, 2.75) is 0 Å². The van der Waals surface area contributed by atoms with Crippen molar-refractivity contribution in [3.63, 3.8) is 0 Å². The molecule has 0 fully saturated rings. The Morgan fingerprint density at radius 1 is 0.359 bits per heavy atom. The van der Waals surface area contributed by atoms with Crippen LogP contribution in [0.4, 0.5) is 0 Å². The predicted octanol–water partition coefficient (Wildman–Crippen LogP) is 10.9. The highest BCUT2D eigenvalue weighted by atomic mass is 16.5. The molecule has 0 aliphatic carbocycles. The third kappa shape index (κ3) is 2.85. The van der Waals surface area contributed by atoms with Gasteiger partial charge in [-0.1, -0.05) is 109 Å². The molecule has 0 atom stereocenters. The molecule has 0 N–H and O–H groups in total. The van der Waals surface area contributed by atoms with E-state index in [0.29, 0.717) is 0 Å². The van der Waals surface area contributed by atoms with Crippen molar-refractivity contribution in [1.29, 1.82) is 0 Å². The second-order valence-corrected chi connectivity index (χ2v) is 10.5. The van der Waals surface area contributed by atoms with Crippen LogP contribution in [-0.2, 0) is 0 Å². The molecule has 0 aromatic heterocycles. The van der Waals surface area contributed by atoms with E-state index in [4.69, 9.17) is 4.74 Å². The van der Waals surface area contributed by atoms with Gasteiger partial charge in [0.2, 0.25) is 0 Å². The fourth-order valence-corrected chi connectivity index (χ4v) is 6.69. The third-order valence-electron chi connectivity index (χ3n) is 8.42. The van der Waals surface area contributed by atoms with Crippen LogP contribution in [0.1, 0.15) is 0 Å². The monoisotopic (exact) mass is 494 g/mol. The zero-order valence-electron chi connectivity index (χ0n) is 21.1. The van der Waals surface area contributed by atoms with Crippen molar-refractivity contribution < 1.29 is 4.74 Å². The maximum atomic E-state index is 6.69. The molecule has 1 heterocycles. The van der Waals surface area contributed by atoms with E-state index in [-0.39, 0.29) is 0 Å². The van der Waals surface area contributed by atoms with Crippen LogP contribution in [0.15, 0.2) is 133 Å². The molecule has 0 radical (unpaired) electrons. The molecule has 0 spiro atoms. The first kappa shape index (κ1) is 20.9. The van der Waals surface area contributed by atoms with Gasteiger partial charge in [0.1, 0.15) is 11.5 Å². The van der Waals surface area contributed by atoms with E-state index in [1.807, 2.05) is 0 Å². The molecule has 8 aromatic rings. The molecule has 0 bridgehead atoms. The number of hydrogen-bond donors (Lipinski definition) is 0. The van der Waals surface area contributed by atoms with Crippen molar-refractivity contribution in [3.05, 3.63) is 133 Å². The average molecular weight is 495 g/mol. The van der Waals surface area contributed by atoms with E-state index in [1.165, 1.54) is 65.2 Å². The molecule has 1 nitrogen and oxygen atoms in total. The van der Waals surface area contributed by atoms with Crippen LogP contribution in [-0.4, -0.2) is 0 Å². The third-order valence-corrected chi connectivity index (χ3v) is 8.42. The minimum absolute atomic E-state index is 0.920. The zero-order valence-corrected chi connectivity index (χ0v) is 21.1. The van der Waals surface area contributed by atoms with E-state index in [2.05, 4.69) is 133 Å². The van der Waals surface area contributed by atoms with Gasteiger partial charge >= 0.3 is 0 Å². The van der Waals surface area contributed by atoms with Gasteiger partial charge in [-0.15, -0.1) is 0 Å². The summed E-state index contributed by atoms with van der Waals surface area (Å²) in [6.45, 7) is 0. The van der Waals surface area contributed by atoms with Gasteiger partial charge in [-0.3, -0.25) is 0 Å².